The summed E-state index contributed by atoms with van der Waals surface area (Å²) >= 11 is 0. The van der Waals surface area contributed by atoms with Gasteiger partial charge >= 0.3 is 0 Å². The summed E-state index contributed by atoms with van der Waals surface area (Å²) in [6.07, 6.45) is 4.23. The number of carbonyl (C=O) groups is 1. The molecule has 0 fully saturated rings. The van der Waals surface area contributed by atoms with Gasteiger partial charge in [-0.15, -0.1) is 0 Å². The zero-order chi connectivity index (χ0) is 16.7. The smallest absolute Gasteiger partial charge is 0.244 e. The molecule has 0 saturated heterocycles. The van der Waals surface area contributed by atoms with Gasteiger partial charge in [0.05, 0.1) is 10.9 Å². The van der Waals surface area contributed by atoms with E-state index in [1.54, 1.807) is 18.2 Å². The van der Waals surface area contributed by atoms with Crippen molar-refractivity contribution in [3.63, 3.8) is 0 Å². The first-order valence-corrected chi connectivity index (χ1v) is 7.84. The van der Waals surface area contributed by atoms with Crippen LogP contribution in [0.25, 0.3) is 17.0 Å². The van der Waals surface area contributed by atoms with Crippen LogP contribution in [0.15, 0.2) is 45.8 Å². The molecule has 0 saturated carbocycles. The second-order valence-electron chi connectivity index (χ2n) is 5.17. The molecule has 5 heteroatoms. The van der Waals surface area contributed by atoms with Gasteiger partial charge in [-0.3, -0.25) is 9.59 Å². The van der Waals surface area contributed by atoms with Gasteiger partial charge in [0.2, 0.25) is 5.91 Å². The molecule has 1 aromatic heterocycles. The van der Waals surface area contributed by atoms with Gasteiger partial charge in [0.15, 0.2) is 5.43 Å². The summed E-state index contributed by atoms with van der Waals surface area (Å²) in [6.45, 7) is 7.48. The van der Waals surface area contributed by atoms with Gasteiger partial charge in [0.25, 0.3) is 0 Å². The number of para-hydroxylation sites is 1. The molecule has 2 aromatic rings. The van der Waals surface area contributed by atoms with Crippen LogP contribution in [0.1, 0.15) is 19.4 Å². The van der Waals surface area contributed by atoms with E-state index in [2.05, 4.69) is 24.1 Å². The van der Waals surface area contributed by atoms with Crippen molar-refractivity contribution >= 4 is 23.0 Å². The molecule has 1 N–H and O–H groups in total. The Hall–Kier alpha value is -2.40. The van der Waals surface area contributed by atoms with E-state index >= 15 is 0 Å². The molecule has 0 aliphatic carbocycles. The molecule has 0 spiro atoms. The molecule has 1 amide bonds. The Labute approximate surface area is 135 Å². The van der Waals surface area contributed by atoms with Gasteiger partial charge in [-0.2, -0.15) is 0 Å². The molecule has 0 bridgehead atoms. The molecule has 1 aromatic carbocycles. The Balaban J connectivity index is 1.99. The highest BCUT2D eigenvalue weighted by Crippen LogP contribution is 2.10. The summed E-state index contributed by atoms with van der Waals surface area (Å²) in [5.41, 5.74) is 0.764. The minimum atomic E-state index is -0.218. The van der Waals surface area contributed by atoms with E-state index in [4.69, 9.17) is 4.42 Å². The number of nitrogens with zero attached hydrogens (tertiary/aromatic N) is 1. The first-order valence-electron chi connectivity index (χ1n) is 7.84. The average Bonchev–Trinajstić information content (AvgIpc) is 2.58. The molecule has 1 heterocycles. The zero-order valence-electron chi connectivity index (χ0n) is 13.5. The fourth-order valence-electron chi connectivity index (χ4n) is 2.31. The molecule has 2 rings (SSSR count). The van der Waals surface area contributed by atoms with E-state index in [0.717, 1.165) is 19.6 Å². The molecule has 0 atom stereocenters. The third-order valence-corrected chi connectivity index (χ3v) is 3.74. The number of likely N-dealkylation sites (N-methyl/N-ethyl adjacent to an activating group) is 1. The first-order chi connectivity index (χ1) is 11.2. The van der Waals surface area contributed by atoms with Gasteiger partial charge in [-0.25, -0.2) is 0 Å². The fourth-order valence-corrected chi connectivity index (χ4v) is 2.31. The van der Waals surface area contributed by atoms with Crippen LogP contribution in [-0.2, 0) is 4.79 Å². The first kappa shape index (κ1) is 17.0. The topological polar surface area (TPSA) is 62.6 Å². The lowest BCUT2D eigenvalue weighted by atomic mass is 10.1. The molecular weight excluding hydrogens is 292 g/mol. The van der Waals surface area contributed by atoms with Crippen LogP contribution >= 0.6 is 0 Å². The normalized spacial score (nSPS) is 11.4. The van der Waals surface area contributed by atoms with Crippen LogP contribution < -0.4 is 10.7 Å². The minimum Gasteiger partial charge on any atom is -0.463 e. The Kier molecular flexibility index (Phi) is 6.11. The Morgan fingerprint density at radius 1 is 1.26 bits per heavy atom. The molecule has 0 unspecified atom stereocenters. The van der Waals surface area contributed by atoms with E-state index in [0.29, 0.717) is 23.1 Å². The van der Waals surface area contributed by atoms with E-state index in [-0.39, 0.29) is 11.3 Å². The maximum absolute atomic E-state index is 12.3. The fraction of sp³-hybridized carbons (Fsp3) is 0.333. The van der Waals surface area contributed by atoms with Gasteiger partial charge < -0.3 is 14.6 Å². The van der Waals surface area contributed by atoms with Crippen LogP contribution in [0, 0.1) is 0 Å². The summed E-state index contributed by atoms with van der Waals surface area (Å²) in [7, 11) is 0. The average molecular weight is 314 g/mol. The highest BCUT2D eigenvalue weighted by atomic mass is 16.3. The number of rotatable bonds is 7. The van der Waals surface area contributed by atoms with Crippen molar-refractivity contribution in [2.45, 2.75) is 13.8 Å². The van der Waals surface area contributed by atoms with Crippen LogP contribution in [0.2, 0.25) is 0 Å². The zero-order valence-corrected chi connectivity index (χ0v) is 13.5. The predicted octanol–water partition coefficient (Wildman–Crippen LogP) is 2.26. The highest BCUT2D eigenvalue weighted by Gasteiger charge is 2.04. The van der Waals surface area contributed by atoms with Gasteiger partial charge in [-0.1, -0.05) is 26.0 Å². The number of hydrogen-bond donors (Lipinski definition) is 1. The minimum absolute atomic E-state index is 0.140. The molecule has 0 aliphatic rings. The van der Waals surface area contributed by atoms with E-state index < -0.39 is 0 Å². The van der Waals surface area contributed by atoms with E-state index in [9.17, 15) is 9.59 Å². The van der Waals surface area contributed by atoms with Crippen LogP contribution in [0.3, 0.4) is 0 Å². The molecule has 0 aliphatic heterocycles. The Morgan fingerprint density at radius 2 is 2.00 bits per heavy atom. The lowest BCUT2D eigenvalue weighted by Crippen LogP contribution is -2.34. The quantitative estimate of drug-likeness (QED) is 0.796. The lowest BCUT2D eigenvalue weighted by Gasteiger charge is -2.17. The van der Waals surface area contributed by atoms with Crippen molar-refractivity contribution in [3.05, 3.63) is 52.4 Å². The highest BCUT2D eigenvalue weighted by molar-refractivity contribution is 5.92. The third kappa shape index (κ3) is 4.53. The second kappa shape index (κ2) is 8.29. The monoisotopic (exact) mass is 314 g/mol. The van der Waals surface area contributed by atoms with Crippen molar-refractivity contribution in [1.82, 2.24) is 10.2 Å². The number of hydrogen-bond acceptors (Lipinski definition) is 4. The maximum Gasteiger partial charge on any atom is 0.244 e. The lowest BCUT2D eigenvalue weighted by molar-refractivity contribution is -0.116. The van der Waals surface area contributed by atoms with E-state index in [1.165, 1.54) is 18.4 Å². The second-order valence-corrected chi connectivity index (χ2v) is 5.17. The SMILES string of the molecule is CCN(CC)CCNC(=O)/C=C/c1coc2ccccc2c1=O. The Morgan fingerprint density at radius 3 is 2.74 bits per heavy atom. The number of carbonyl (C=O) groups excluding carboxylic acids is 1. The summed E-state index contributed by atoms with van der Waals surface area (Å²) < 4.78 is 5.41. The molecule has 23 heavy (non-hydrogen) atoms. The van der Waals surface area contributed by atoms with Crippen LogP contribution in [-0.4, -0.2) is 37.0 Å². The number of nitrogens with one attached hydrogen (secondary N) is 1. The van der Waals surface area contributed by atoms with E-state index in [1.807, 2.05) is 6.07 Å². The van der Waals surface area contributed by atoms with Crippen LogP contribution in [0.5, 0.6) is 0 Å². The predicted molar refractivity (Wildman–Crippen MR) is 92.3 cm³/mol. The summed E-state index contributed by atoms with van der Waals surface area (Å²) in [5, 5.41) is 3.32. The standard InChI is InChI=1S/C18H22N2O3/c1-3-20(4-2)12-11-19-17(21)10-9-14-13-23-16-8-6-5-7-15(16)18(14)22/h5-10,13H,3-4,11-12H2,1-2H3,(H,19,21)/b10-9+. The van der Waals surface area contributed by atoms with Crippen molar-refractivity contribution in [2.75, 3.05) is 26.2 Å². The summed E-state index contributed by atoms with van der Waals surface area (Å²) in [6, 6.07) is 7.05. The molecule has 5 nitrogen and oxygen atoms in total. The van der Waals surface area contributed by atoms with Crippen molar-refractivity contribution in [3.8, 4) is 0 Å². The van der Waals surface area contributed by atoms with Gasteiger partial charge in [0, 0.05) is 19.2 Å². The molecule has 122 valence electrons. The summed E-state index contributed by atoms with van der Waals surface area (Å²) in [5.74, 6) is -0.218. The number of fused-ring (bicyclic) bond motifs is 1. The summed E-state index contributed by atoms with van der Waals surface area (Å²) in [4.78, 5) is 26.3. The van der Waals surface area contributed by atoms with Crippen molar-refractivity contribution in [2.24, 2.45) is 0 Å². The van der Waals surface area contributed by atoms with Gasteiger partial charge in [-0.05, 0) is 31.3 Å². The Bertz CT molecular complexity index is 745. The molecular formula is C18H22N2O3. The van der Waals surface area contributed by atoms with Crippen molar-refractivity contribution in [1.29, 1.82) is 0 Å². The largest absolute Gasteiger partial charge is 0.463 e. The maximum atomic E-state index is 12.3. The molecule has 0 radical (unpaired) electrons. The third-order valence-electron chi connectivity index (χ3n) is 3.74. The van der Waals surface area contributed by atoms with Crippen molar-refractivity contribution < 1.29 is 9.21 Å². The van der Waals surface area contributed by atoms with Crippen LogP contribution in [0.4, 0.5) is 0 Å². The van der Waals surface area contributed by atoms with Gasteiger partial charge in [0.1, 0.15) is 11.8 Å². The number of benzene rings is 1. The number of amides is 1.